The maximum absolute atomic E-state index is 6.68. The van der Waals surface area contributed by atoms with Crippen molar-refractivity contribution in [2.75, 3.05) is 0 Å². The first-order valence-corrected chi connectivity index (χ1v) is 18.9. The van der Waals surface area contributed by atoms with Gasteiger partial charge < -0.3 is 4.42 Å². The van der Waals surface area contributed by atoms with E-state index in [2.05, 4.69) is 200 Å². The summed E-state index contributed by atoms with van der Waals surface area (Å²) in [6, 6.07) is 74.6. The van der Waals surface area contributed by atoms with E-state index in [9.17, 15) is 0 Å². The van der Waals surface area contributed by atoms with Gasteiger partial charge in [0.1, 0.15) is 11.3 Å². The topological polar surface area (TPSA) is 13.1 Å². The Kier molecular flexibility index (Phi) is 7.25. The molecular weight excluding hydrogens is 665 g/mol. The van der Waals surface area contributed by atoms with Gasteiger partial charge in [-0.05, 0) is 106 Å². The molecule has 0 aliphatic rings. The van der Waals surface area contributed by atoms with Crippen LogP contribution in [0.5, 0.6) is 0 Å². The van der Waals surface area contributed by atoms with Gasteiger partial charge in [-0.25, -0.2) is 0 Å². The van der Waals surface area contributed by atoms with Crippen molar-refractivity contribution in [3.05, 3.63) is 206 Å². The number of benzene rings is 10. The largest absolute Gasteiger partial charge is 0.455 e. The fourth-order valence-electron chi connectivity index (χ4n) is 8.71. The van der Waals surface area contributed by atoms with E-state index in [0.717, 1.165) is 44.5 Å². The fraction of sp³-hybridized carbons (Fsp3) is 0. The highest BCUT2D eigenvalue weighted by Gasteiger charge is 2.20. The van der Waals surface area contributed by atoms with Gasteiger partial charge in [-0.3, -0.25) is 0 Å². The smallest absolute Gasteiger partial charge is 0.143 e. The first-order chi connectivity index (χ1) is 27.3. The molecule has 256 valence electrons. The molecule has 0 spiro atoms. The van der Waals surface area contributed by atoms with Crippen LogP contribution in [0.2, 0.25) is 0 Å². The zero-order valence-corrected chi connectivity index (χ0v) is 30.0. The molecule has 0 fully saturated rings. The third-order valence-electron chi connectivity index (χ3n) is 11.2. The van der Waals surface area contributed by atoms with Crippen LogP contribution in [0.4, 0.5) is 0 Å². The molecule has 0 saturated heterocycles. The van der Waals surface area contributed by atoms with E-state index < -0.39 is 0 Å². The highest BCUT2D eigenvalue weighted by atomic mass is 16.3. The van der Waals surface area contributed by atoms with Gasteiger partial charge in [0.25, 0.3) is 0 Å². The molecule has 0 bridgehead atoms. The van der Waals surface area contributed by atoms with Crippen LogP contribution < -0.4 is 0 Å². The zero-order chi connectivity index (χ0) is 36.3. The average Bonchev–Trinajstić information content (AvgIpc) is 3.65. The van der Waals surface area contributed by atoms with E-state index in [1.807, 2.05) is 6.07 Å². The number of fused-ring (bicyclic) bond motifs is 5. The minimum Gasteiger partial charge on any atom is -0.455 e. The maximum atomic E-state index is 6.68. The van der Waals surface area contributed by atoms with Gasteiger partial charge in [0, 0.05) is 16.5 Å². The van der Waals surface area contributed by atoms with Crippen molar-refractivity contribution in [2.24, 2.45) is 0 Å². The molecule has 11 rings (SSSR count). The third-order valence-corrected chi connectivity index (χ3v) is 11.2. The average molecular weight is 699 g/mol. The van der Waals surface area contributed by atoms with Gasteiger partial charge in [0.05, 0.1) is 0 Å². The van der Waals surface area contributed by atoms with Crippen molar-refractivity contribution < 1.29 is 4.42 Å². The van der Waals surface area contributed by atoms with Crippen LogP contribution in [0.3, 0.4) is 0 Å². The van der Waals surface area contributed by atoms with Gasteiger partial charge in [0.15, 0.2) is 0 Å². The van der Waals surface area contributed by atoms with Crippen molar-refractivity contribution in [3.8, 4) is 55.8 Å². The lowest BCUT2D eigenvalue weighted by atomic mass is 9.84. The minimum absolute atomic E-state index is 0.886. The molecule has 1 heterocycles. The fourth-order valence-corrected chi connectivity index (χ4v) is 8.71. The summed E-state index contributed by atoms with van der Waals surface area (Å²) in [5.41, 5.74) is 11.6. The van der Waals surface area contributed by atoms with Crippen molar-refractivity contribution in [1.82, 2.24) is 0 Å². The first kappa shape index (κ1) is 31.3. The number of hydrogen-bond donors (Lipinski definition) is 0. The lowest BCUT2D eigenvalue weighted by Gasteiger charge is -2.19. The van der Waals surface area contributed by atoms with Crippen LogP contribution in [0, 0.1) is 0 Å². The van der Waals surface area contributed by atoms with E-state index in [0.29, 0.717) is 0 Å². The lowest BCUT2D eigenvalue weighted by molar-refractivity contribution is 0.632. The van der Waals surface area contributed by atoms with E-state index in [-0.39, 0.29) is 0 Å². The second-order valence-electron chi connectivity index (χ2n) is 14.4. The Morgan fingerprint density at radius 2 is 0.764 bits per heavy atom. The zero-order valence-electron chi connectivity index (χ0n) is 30.0. The number of hydrogen-bond acceptors (Lipinski definition) is 1. The highest BCUT2D eigenvalue weighted by molar-refractivity contribution is 6.23. The van der Waals surface area contributed by atoms with Crippen molar-refractivity contribution in [3.63, 3.8) is 0 Å². The molecule has 10 aromatic carbocycles. The quantitative estimate of drug-likeness (QED) is 0.163. The van der Waals surface area contributed by atoms with Gasteiger partial charge in [-0.2, -0.15) is 0 Å². The molecule has 0 N–H and O–H groups in total. The summed E-state index contributed by atoms with van der Waals surface area (Å²) in [5.74, 6) is 0.898. The molecule has 1 nitrogen and oxygen atoms in total. The Morgan fingerprint density at radius 3 is 1.45 bits per heavy atom. The molecule has 55 heavy (non-hydrogen) atoms. The molecule has 0 aliphatic carbocycles. The lowest BCUT2D eigenvalue weighted by Crippen LogP contribution is -1.91. The summed E-state index contributed by atoms with van der Waals surface area (Å²) in [6.07, 6.45) is 0. The summed E-state index contributed by atoms with van der Waals surface area (Å²) in [6.45, 7) is 0. The van der Waals surface area contributed by atoms with E-state index in [1.165, 1.54) is 65.3 Å². The second-order valence-corrected chi connectivity index (χ2v) is 14.4. The molecule has 1 heteroatoms. The van der Waals surface area contributed by atoms with Crippen molar-refractivity contribution in [2.45, 2.75) is 0 Å². The van der Waals surface area contributed by atoms with Gasteiger partial charge >= 0.3 is 0 Å². The number of rotatable bonds is 5. The van der Waals surface area contributed by atoms with Crippen LogP contribution in [0.1, 0.15) is 0 Å². The summed E-state index contributed by atoms with van der Waals surface area (Å²) >= 11 is 0. The molecule has 0 atom stereocenters. The van der Waals surface area contributed by atoms with Gasteiger partial charge in [-0.1, -0.05) is 182 Å². The summed E-state index contributed by atoms with van der Waals surface area (Å²) in [4.78, 5) is 0. The Balaban J connectivity index is 1.04. The predicted octanol–water partition coefficient (Wildman–Crippen LogP) is 15.4. The Morgan fingerprint density at radius 1 is 0.255 bits per heavy atom. The molecule has 1 aromatic heterocycles. The summed E-state index contributed by atoms with van der Waals surface area (Å²) in [7, 11) is 0. The monoisotopic (exact) mass is 698 g/mol. The molecule has 0 aliphatic heterocycles. The first-order valence-electron chi connectivity index (χ1n) is 18.9. The van der Waals surface area contributed by atoms with E-state index in [1.54, 1.807) is 0 Å². The van der Waals surface area contributed by atoms with Crippen molar-refractivity contribution in [1.29, 1.82) is 0 Å². The summed E-state index contributed by atoms with van der Waals surface area (Å²) < 4.78 is 6.68. The SMILES string of the molecule is c1ccc(-c2oc3cc(-c4ccc5cc(-c6c7ccccc7c(-c7cccc8ccccc78)c7ccccc67)ccc5c4)ccc3c2-c2ccccc2)cc1. The van der Waals surface area contributed by atoms with Crippen molar-refractivity contribution >= 4 is 54.1 Å². The maximum Gasteiger partial charge on any atom is 0.143 e. The van der Waals surface area contributed by atoms with Crippen LogP contribution >= 0.6 is 0 Å². The van der Waals surface area contributed by atoms with E-state index in [4.69, 9.17) is 4.42 Å². The van der Waals surface area contributed by atoms with Crippen LogP contribution in [0.15, 0.2) is 211 Å². The predicted molar refractivity (Wildman–Crippen MR) is 233 cm³/mol. The van der Waals surface area contributed by atoms with E-state index >= 15 is 0 Å². The molecular formula is C54H34O. The standard InChI is InChI=1S/C54H34O/c1-3-15-36(16-4-1)52-49-31-30-41(34-50(49)55-54(52)37-17-5-2-6-18-37)39-26-27-40-33-42(29-28-38(40)32-39)51-45-21-9-11-23-47(45)53(48-24-12-10-22-46(48)51)44-25-13-19-35-14-7-8-20-43(35)44/h1-34H. The second kappa shape index (κ2) is 12.7. The summed E-state index contributed by atoms with van der Waals surface area (Å²) in [5, 5.41) is 11.1. The Labute approximate surface area is 319 Å². The molecule has 0 amide bonds. The number of furan rings is 1. The molecule has 0 saturated carbocycles. The molecule has 0 radical (unpaired) electrons. The third kappa shape index (κ3) is 5.16. The van der Waals surface area contributed by atoms with Crippen LogP contribution in [-0.2, 0) is 0 Å². The van der Waals surface area contributed by atoms with Gasteiger partial charge in [0.2, 0.25) is 0 Å². The van der Waals surface area contributed by atoms with Crippen LogP contribution in [0.25, 0.3) is 110 Å². The van der Waals surface area contributed by atoms with Crippen LogP contribution in [-0.4, -0.2) is 0 Å². The van der Waals surface area contributed by atoms with Gasteiger partial charge in [-0.15, -0.1) is 0 Å². The highest BCUT2D eigenvalue weighted by Crippen LogP contribution is 2.46. The Hall–Kier alpha value is -7.22. The minimum atomic E-state index is 0.886. The molecule has 11 aromatic rings. The normalized spacial score (nSPS) is 11.6. The Bertz CT molecular complexity index is 3180. The molecule has 0 unspecified atom stereocenters.